The molecule has 1 aromatic heterocycles. The zero-order valence-electron chi connectivity index (χ0n) is 17.4. The van der Waals surface area contributed by atoms with Crippen LogP contribution in [0.4, 0.5) is 10.2 Å². The number of carbonyl (C=O) groups is 2. The summed E-state index contributed by atoms with van der Waals surface area (Å²) in [7, 11) is 1.76. The van der Waals surface area contributed by atoms with Crippen molar-refractivity contribution < 1.29 is 14.0 Å². The number of aromatic nitrogens is 2. The molecule has 0 aliphatic rings. The Balaban J connectivity index is 2.15. The number of hydrogen-bond acceptors (Lipinski definition) is 3. The van der Waals surface area contributed by atoms with Crippen molar-refractivity contribution >= 4 is 17.6 Å². The molecule has 2 aromatic rings. The average molecular weight is 388 g/mol. The predicted molar refractivity (Wildman–Crippen MR) is 108 cm³/mol. The van der Waals surface area contributed by atoms with Gasteiger partial charge in [0.1, 0.15) is 18.2 Å². The minimum Gasteiger partial charge on any atom is -0.329 e. The first-order valence-corrected chi connectivity index (χ1v) is 9.36. The Morgan fingerprint density at radius 3 is 2.46 bits per heavy atom. The summed E-state index contributed by atoms with van der Waals surface area (Å²) in [6, 6.07) is 7.34. The molecule has 0 radical (unpaired) electrons. The van der Waals surface area contributed by atoms with Crippen LogP contribution in [-0.2, 0) is 17.3 Å². The highest BCUT2D eigenvalue weighted by molar-refractivity contribution is 5.99. The SMILES string of the molecule is CC(C)CN(CC(=O)Nc1cc(C(C)(C)C)nn1C)C(=O)c1cccc(F)c1. The molecule has 2 rings (SSSR count). The number of carbonyl (C=O) groups excluding carboxylic acids is 2. The zero-order valence-corrected chi connectivity index (χ0v) is 17.4. The molecule has 0 atom stereocenters. The van der Waals surface area contributed by atoms with Crippen LogP contribution >= 0.6 is 0 Å². The van der Waals surface area contributed by atoms with Gasteiger partial charge in [0.2, 0.25) is 5.91 Å². The second-order valence-electron chi connectivity index (χ2n) is 8.43. The highest BCUT2D eigenvalue weighted by atomic mass is 19.1. The smallest absolute Gasteiger partial charge is 0.254 e. The lowest BCUT2D eigenvalue weighted by Gasteiger charge is -2.24. The maximum absolute atomic E-state index is 13.5. The monoisotopic (exact) mass is 388 g/mol. The van der Waals surface area contributed by atoms with E-state index in [1.165, 1.54) is 23.1 Å². The van der Waals surface area contributed by atoms with Crippen molar-refractivity contribution in [2.24, 2.45) is 13.0 Å². The fourth-order valence-electron chi connectivity index (χ4n) is 2.77. The lowest BCUT2D eigenvalue weighted by Crippen LogP contribution is -2.40. The fraction of sp³-hybridized carbons (Fsp3) is 0.476. The molecule has 0 unspecified atom stereocenters. The molecule has 28 heavy (non-hydrogen) atoms. The Bertz CT molecular complexity index is 852. The van der Waals surface area contributed by atoms with Crippen molar-refractivity contribution in [2.45, 2.75) is 40.0 Å². The molecular formula is C21H29FN4O2. The number of aryl methyl sites for hydroxylation is 1. The number of nitrogens with zero attached hydrogens (tertiary/aromatic N) is 3. The summed E-state index contributed by atoms with van der Waals surface area (Å²) >= 11 is 0. The van der Waals surface area contributed by atoms with Gasteiger partial charge in [-0.15, -0.1) is 0 Å². The van der Waals surface area contributed by atoms with Gasteiger partial charge in [-0.25, -0.2) is 4.39 Å². The van der Waals surface area contributed by atoms with Gasteiger partial charge in [-0.3, -0.25) is 14.3 Å². The van der Waals surface area contributed by atoms with E-state index in [0.717, 1.165) is 5.69 Å². The van der Waals surface area contributed by atoms with E-state index < -0.39 is 5.82 Å². The van der Waals surface area contributed by atoms with Crippen LogP contribution in [0.25, 0.3) is 0 Å². The molecule has 152 valence electrons. The standard InChI is InChI=1S/C21H29FN4O2/c1-14(2)12-26(20(28)15-8-7-9-16(22)10-15)13-19(27)23-18-11-17(21(3,4)5)24-25(18)6/h7-11,14H,12-13H2,1-6H3,(H,23,27). The molecular weight excluding hydrogens is 359 g/mol. The Morgan fingerprint density at radius 2 is 1.93 bits per heavy atom. The van der Waals surface area contributed by atoms with Crippen LogP contribution in [0.2, 0.25) is 0 Å². The molecule has 1 aromatic carbocycles. The third-order valence-electron chi connectivity index (χ3n) is 4.19. The van der Waals surface area contributed by atoms with E-state index in [9.17, 15) is 14.0 Å². The molecule has 0 bridgehead atoms. The third kappa shape index (κ3) is 5.65. The number of rotatable bonds is 6. The number of benzene rings is 1. The summed E-state index contributed by atoms with van der Waals surface area (Å²) in [6.07, 6.45) is 0. The molecule has 0 saturated carbocycles. The summed E-state index contributed by atoms with van der Waals surface area (Å²) in [6.45, 7) is 10.3. The molecule has 0 spiro atoms. The van der Waals surface area contributed by atoms with Gasteiger partial charge in [-0.2, -0.15) is 5.10 Å². The van der Waals surface area contributed by atoms with E-state index in [0.29, 0.717) is 12.4 Å². The van der Waals surface area contributed by atoms with Gasteiger partial charge in [-0.1, -0.05) is 40.7 Å². The first-order valence-electron chi connectivity index (χ1n) is 9.36. The molecule has 0 saturated heterocycles. The lowest BCUT2D eigenvalue weighted by molar-refractivity contribution is -0.117. The van der Waals surface area contributed by atoms with Crippen LogP contribution < -0.4 is 5.32 Å². The van der Waals surface area contributed by atoms with E-state index >= 15 is 0 Å². The molecule has 0 fully saturated rings. The van der Waals surface area contributed by atoms with E-state index in [1.807, 2.05) is 40.7 Å². The van der Waals surface area contributed by atoms with Gasteiger partial charge >= 0.3 is 0 Å². The highest BCUT2D eigenvalue weighted by Crippen LogP contribution is 2.23. The van der Waals surface area contributed by atoms with Crippen molar-refractivity contribution in [2.75, 3.05) is 18.4 Å². The summed E-state index contributed by atoms with van der Waals surface area (Å²) < 4.78 is 15.1. The Hall–Kier alpha value is -2.70. The van der Waals surface area contributed by atoms with E-state index in [4.69, 9.17) is 0 Å². The van der Waals surface area contributed by atoms with Crippen LogP contribution in [0.3, 0.4) is 0 Å². The van der Waals surface area contributed by atoms with Gasteiger partial charge in [0.05, 0.1) is 5.69 Å². The van der Waals surface area contributed by atoms with E-state index in [2.05, 4.69) is 10.4 Å². The molecule has 1 N–H and O–H groups in total. The molecule has 6 nitrogen and oxygen atoms in total. The van der Waals surface area contributed by atoms with Gasteiger partial charge in [-0.05, 0) is 24.1 Å². The van der Waals surface area contributed by atoms with Crippen LogP contribution in [0.1, 0.15) is 50.7 Å². The van der Waals surface area contributed by atoms with Gasteiger partial charge in [0, 0.05) is 30.6 Å². The topological polar surface area (TPSA) is 67.2 Å². The molecule has 0 aliphatic heterocycles. The maximum atomic E-state index is 13.5. The molecule has 1 heterocycles. The van der Waals surface area contributed by atoms with Gasteiger partial charge in [0.15, 0.2) is 0 Å². The normalized spacial score (nSPS) is 11.6. The number of halogens is 1. The summed E-state index contributed by atoms with van der Waals surface area (Å²) in [5.74, 6) is -0.450. The van der Waals surface area contributed by atoms with Crippen molar-refractivity contribution in [3.63, 3.8) is 0 Å². The third-order valence-corrected chi connectivity index (χ3v) is 4.19. The lowest BCUT2D eigenvalue weighted by atomic mass is 9.92. The van der Waals surface area contributed by atoms with Gasteiger partial charge < -0.3 is 10.2 Å². The first kappa shape index (κ1) is 21.6. The first-order chi connectivity index (χ1) is 13.0. The quantitative estimate of drug-likeness (QED) is 0.822. The van der Waals surface area contributed by atoms with E-state index in [1.54, 1.807) is 17.8 Å². The Morgan fingerprint density at radius 1 is 1.25 bits per heavy atom. The minimum atomic E-state index is -0.482. The number of nitrogens with one attached hydrogen (secondary N) is 1. The van der Waals surface area contributed by atoms with Crippen molar-refractivity contribution in [3.05, 3.63) is 47.4 Å². The Kier molecular flexibility index (Phi) is 6.59. The summed E-state index contributed by atoms with van der Waals surface area (Å²) in [5, 5.41) is 7.25. The van der Waals surface area contributed by atoms with Crippen molar-refractivity contribution in [3.8, 4) is 0 Å². The van der Waals surface area contributed by atoms with E-state index in [-0.39, 0.29) is 35.3 Å². The molecule has 2 amide bonds. The second-order valence-corrected chi connectivity index (χ2v) is 8.43. The number of hydrogen-bond donors (Lipinski definition) is 1. The van der Waals surface area contributed by atoms with Crippen LogP contribution in [0.15, 0.2) is 30.3 Å². The second kappa shape index (κ2) is 8.54. The Labute approximate surface area is 165 Å². The highest BCUT2D eigenvalue weighted by Gasteiger charge is 2.23. The molecule has 7 heteroatoms. The zero-order chi connectivity index (χ0) is 21.1. The average Bonchev–Trinajstić information content (AvgIpc) is 2.94. The van der Waals surface area contributed by atoms with Crippen molar-refractivity contribution in [1.29, 1.82) is 0 Å². The van der Waals surface area contributed by atoms with Crippen LogP contribution in [0, 0.1) is 11.7 Å². The number of anilines is 1. The van der Waals surface area contributed by atoms with Gasteiger partial charge in [0.25, 0.3) is 5.91 Å². The maximum Gasteiger partial charge on any atom is 0.254 e. The van der Waals surface area contributed by atoms with Crippen LogP contribution in [-0.4, -0.2) is 39.6 Å². The predicted octanol–water partition coefficient (Wildman–Crippen LogP) is 3.59. The number of amides is 2. The summed E-state index contributed by atoms with van der Waals surface area (Å²) in [4.78, 5) is 26.8. The molecule has 0 aliphatic carbocycles. The minimum absolute atomic E-state index is 0.121. The summed E-state index contributed by atoms with van der Waals surface area (Å²) in [5.41, 5.74) is 0.946. The van der Waals surface area contributed by atoms with Crippen LogP contribution in [0.5, 0.6) is 0 Å². The fourth-order valence-corrected chi connectivity index (χ4v) is 2.77. The largest absolute Gasteiger partial charge is 0.329 e. The van der Waals surface area contributed by atoms with Crippen molar-refractivity contribution in [1.82, 2.24) is 14.7 Å².